The standard InChI is InChI=1S/C24H15Cl2NO4/c25-15-8-9-19-17(11-15)22(29)20-21(13-5-3-6-16(28)10-13)27(24(30)23(20)31-19)12-14-4-1-2-7-18(14)26/h1-11,21,28H,12H2. The van der Waals surface area contributed by atoms with E-state index in [1.807, 2.05) is 12.1 Å². The van der Waals surface area contributed by atoms with Crippen LogP contribution in [-0.2, 0) is 6.54 Å². The molecule has 1 unspecified atom stereocenters. The molecule has 31 heavy (non-hydrogen) atoms. The van der Waals surface area contributed by atoms with E-state index in [0.717, 1.165) is 5.56 Å². The predicted octanol–water partition coefficient (Wildman–Crippen LogP) is 5.55. The molecule has 3 aromatic carbocycles. The summed E-state index contributed by atoms with van der Waals surface area (Å²) in [5.41, 5.74) is 1.50. The highest BCUT2D eigenvalue weighted by Gasteiger charge is 2.43. The largest absolute Gasteiger partial charge is 0.508 e. The number of amides is 1. The first-order valence-corrected chi connectivity index (χ1v) is 10.3. The van der Waals surface area contributed by atoms with E-state index in [-0.39, 0.29) is 34.6 Å². The van der Waals surface area contributed by atoms with E-state index in [0.29, 0.717) is 21.0 Å². The Kier molecular flexibility index (Phi) is 4.73. The van der Waals surface area contributed by atoms with Gasteiger partial charge in [0.05, 0.1) is 17.0 Å². The van der Waals surface area contributed by atoms with Crippen molar-refractivity contribution in [3.05, 3.63) is 109 Å². The van der Waals surface area contributed by atoms with Crippen molar-refractivity contribution in [2.24, 2.45) is 0 Å². The van der Waals surface area contributed by atoms with Crippen LogP contribution >= 0.6 is 23.2 Å². The van der Waals surface area contributed by atoms with Gasteiger partial charge in [0.2, 0.25) is 5.76 Å². The molecular formula is C24H15Cl2NO4. The van der Waals surface area contributed by atoms with Crippen LogP contribution < -0.4 is 5.43 Å². The quantitative estimate of drug-likeness (QED) is 0.443. The van der Waals surface area contributed by atoms with E-state index in [9.17, 15) is 14.7 Å². The normalized spacial score (nSPS) is 15.5. The molecule has 154 valence electrons. The second kappa shape index (κ2) is 7.45. The number of benzene rings is 3. The Morgan fingerprint density at radius 1 is 0.968 bits per heavy atom. The van der Waals surface area contributed by atoms with Gasteiger partial charge in [-0.1, -0.05) is 53.5 Å². The van der Waals surface area contributed by atoms with Crippen molar-refractivity contribution in [1.82, 2.24) is 4.90 Å². The molecule has 0 fully saturated rings. The van der Waals surface area contributed by atoms with Crippen molar-refractivity contribution < 1.29 is 14.3 Å². The van der Waals surface area contributed by atoms with Crippen LogP contribution in [0.3, 0.4) is 0 Å². The number of carbonyl (C=O) groups is 1. The summed E-state index contributed by atoms with van der Waals surface area (Å²) >= 11 is 12.4. The Balaban J connectivity index is 1.75. The fourth-order valence-electron chi connectivity index (χ4n) is 4.01. The van der Waals surface area contributed by atoms with Crippen molar-refractivity contribution in [2.75, 3.05) is 0 Å². The lowest BCUT2D eigenvalue weighted by atomic mass is 9.98. The number of hydrogen-bond acceptors (Lipinski definition) is 4. The van der Waals surface area contributed by atoms with Gasteiger partial charge < -0.3 is 14.4 Å². The van der Waals surface area contributed by atoms with Crippen LogP contribution in [0.1, 0.15) is 33.3 Å². The minimum absolute atomic E-state index is 0.0137. The van der Waals surface area contributed by atoms with Gasteiger partial charge >= 0.3 is 0 Å². The zero-order valence-corrected chi connectivity index (χ0v) is 17.5. The third-order valence-corrected chi connectivity index (χ3v) is 6.02. The highest BCUT2D eigenvalue weighted by molar-refractivity contribution is 6.31. The maximum absolute atomic E-state index is 13.5. The lowest BCUT2D eigenvalue weighted by molar-refractivity contribution is 0.0714. The summed E-state index contributed by atoms with van der Waals surface area (Å²) in [6.07, 6.45) is 0. The second-order valence-electron chi connectivity index (χ2n) is 7.34. The van der Waals surface area contributed by atoms with Gasteiger partial charge in [-0.25, -0.2) is 0 Å². The summed E-state index contributed by atoms with van der Waals surface area (Å²) in [5, 5.41) is 11.2. The van der Waals surface area contributed by atoms with E-state index >= 15 is 0 Å². The van der Waals surface area contributed by atoms with Gasteiger partial charge in [0.1, 0.15) is 11.3 Å². The molecule has 5 nitrogen and oxygen atoms in total. The van der Waals surface area contributed by atoms with E-state index in [1.54, 1.807) is 36.4 Å². The van der Waals surface area contributed by atoms with E-state index in [2.05, 4.69) is 0 Å². The lowest BCUT2D eigenvalue weighted by Crippen LogP contribution is -2.29. The Morgan fingerprint density at radius 3 is 2.55 bits per heavy atom. The van der Waals surface area contributed by atoms with Gasteiger partial charge in [-0.15, -0.1) is 0 Å². The molecule has 1 atom stereocenters. The van der Waals surface area contributed by atoms with Crippen molar-refractivity contribution in [3.63, 3.8) is 0 Å². The minimum Gasteiger partial charge on any atom is -0.508 e. The highest BCUT2D eigenvalue weighted by Crippen LogP contribution is 2.40. The molecule has 7 heteroatoms. The number of phenolic OH excluding ortho intramolecular Hbond substituents is 1. The van der Waals surface area contributed by atoms with E-state index in [4.69, 9.17) is 27.6 Å². The molecule has 1 N–H and O–H groups in total. The first-order valence-electron chi connectivity index (χ1n) is 9.53. The van der Waals surface area contributed by atoms with Gasteiger partial charge in [-0.05, 0) is 47.5 Å². The summed E-state index contributed by atoms with van der Waals surface area (Å²) in [6, 6.07) is 17.7. The number of phenols is 1. The number of nitrogens with zero attached hydrogens (tertiary/aromatic N) is 1. The molecule has 2 heterocycles. The van der Waals surface area contributed by atoms with Gasteiger partial charge in [0.25, 0.3) is 5.91 Å². The van der Waals surface area contributed by atoms with E-state index in [1.165, 1.54) is 23.1 Å². The van der Waals surface area contributed by atoms with Crippen LogP contribution in [0.2, 0.25) is 10.0 Å². The molecule has 4 aromatic rings. The molecule has 1 aliphatic rings. The molecule has 1 aliphatic heterocycles. The minimum atomic E-state index is -0.745. The summed E-state index contributed by atoms with van der Waals surface area (Å²) in [6.45, 7) is 0.166. The Bertz CT molecular complexity index is 1410. The van der Waals surface area contributed by atoms with Gasteiger partial charge in [-0.3, -0.25) is 9.59 Å². The fraction of sp³-hybridized carbons (Fsp3) is 0.0833. The molecule has 1 aromatic heterocycles. The van der Waals surface area contributed by atoms with Crippen LogP contribution in [0, 0.1) is 0 Å². The third kappa shape index (κ3) is 3.26. The van der Waals surface area contributed by atoms with Gasteiger partial charge in [-0.2, -0.15) is 0 Å². The number of carbonyl (C=O) groups excluding carboxylic acids is 1. The van der Waals surface area contributed by atoms with Crippen molar-refractivity contribution in [2.45, 2.75) is 12.6 Å². The summed E-state index contributed by atoms with van der Waals surface area (Å²) < 4.78 is 5.89. The molecular weight excluding hydrogens is 437 g/mol. The zero-order valence-electron chi connectivity index (χ0n) is 16.0. The topological polar surface area (TPSA) is 70.8 Å². The average Bonchev–Trinajstić information content (AvgIpc) is 3.02. The van der Waals surface area contributed by atoms with Crippen molar-refractivity contribution in [1.29, 1.82) is 0 Å². The van der Waals surface area contributed by atoms with Crippen LogP contribution in [0.5, 0.6) is 5.75 Å². The smallest absolute Gasteiger partial charge is 0.291 e. The van der Waals surface area contributed by atoms with E-state index < -0.39 is 11.9 Å². The Morgan fingerprint density at radius 2 is 1.77 bits per heavy atom. The molecule has 0 radical (unpaired) electrons. The molecule has 0 saturated heterocycles. The fourth-order valence-corrected chi connectivity index (χ4v) is 4.37. The Labute approximate surface area is 187 Å². The number of hydrogen-bond donors (Lipinski definition) is 1. The maximum atomic E-state index is 13.5. The summed E-state index contributed by atoms with van der Waals surface area (Å²) in [5.74, 6) is -0.401. The molecule has 0 saturated carbocycles. The van der Waals surface area contributed by atoms with Crippen LogP contribution in [0.25, 0.3) is 11.0 Å². The summed E-state index contributed by atoms with van der Waals surface area (Å²) in [4.78, 5) is 28.4. The van der Waals surface area contributed by atoms with Crippen LogP contribution in [0.15, 0.2) is 75.9 Å². The van der Waals surface area contributed by atoms with Crippen LogP contribution in [-0.4, -0.2) is 15.9 Å². The molecule has 1 amide bonds. The predicted molar refractivity (Wildman–Crippen MR) is 119 cm³/mol. The van der Waals surface area contributed by atoms with Crippen LogP contribution in [0.4, 0.5) is 0 Å². The number of fused-ring (bicyclic) bond motifs is 2. The molecule has 0 spiro atoms. The number of aromatic hydroxyl groups is 1. The second-order valence-corrected chi connectivity index (χ2v) is 8.18. The zero-order chi connectivity index (χ0) is 21.7. The number of halogens is 2. The monoisotopic (exact) mass is 451 g/mol. The highest BCUT2D eigenvalue weighted by atomic mass is 35.5. The van der Waals surface area contributed by atoms with Gasteiger partial charge in [0.15, 0.2) is 5.43 Å². The molecule has 0 aliphatic carbocycles. The number of rotatable bonds is 3. The van der Waals surface area contributed by atoms with Crippen molar-refractivity contribution >= 4 is 40.1 Å². The summed E-state index contributed by atoms with van der Waals surface area (Å²) in [7, 11) is 0. The first kappa shape index (κ1) is 19.7. The maximum Gasteiger partial charge on any atom is 0.291 e. The molecule has 0 bridgehead atoms. The Hall–Kier alpha value is -3.28. The molecule has 5 rings (SSSR count). The lowest BCUT2D eigenvalue weighted by Gasteiger charge is -2.25. The third-order valence-electron chi connectivity index (χ3n) is 5.41. The SMILES string of the molecule is O=C1c2oc3ccc(Cl)cc3c(=O)c2C(c2cccc(O)c2)N1Cc1ccccc1Cl. The van der Waals surface area contributed by atoms with Crippen molar-refractivity contribution in [3.8, 4) is 5.75 Å². The van der Waals surface area contributed by atoms with Gasteiger partial charge in [0, 0.05) is 16.6 Å². The first-order chi connectivity index (χ1) is 14.9. The average molecular weight is 452 g/mol.